The quantitative estimate of drug-likeness (QED) is 0.492. The lowest BCUT2D eigenvalue weighted by Crippen LogP contribution is -2.02. The van der Waals surface area contributed by atoms with Crippen LogP contribution in [0.3, 0.4) is 0 Å². The van der Waals surface area contributed by atoms with Gasteiger partial charge < -0.3 is 9.30 Å². The van der Waals surface area contributed by atoms with Crippen LogP contribution in [0.15, 0.2) is 53.9 Å². The van der Waals surface area contributed by atoms with Crippen molar-refractivity contribution in [3.63, 3.8) is 0 Å². The molecule has 0 atom stereocenters. The van der Waals surface area contributed by atoms with Gasteiger partial charge in [-0.25, -0.2) is 0 Å². The highest BCUT2D eigenvalue weighted by atomic mass is 32.2. The van der Waals surface area contributed by atoms with Crippen LogP contribution in [0.25, 0.3) is 10.8 Å². The van der Waals surface area contributed by atoms with E-state index in [1.807, 2.05) is 0 Å². The first-order valence-electron chi connectivity index (χ1n) is 7.34. The van der Waals surface area contributed by atoms with Crippen molar-refractivity contribution >= 4 is 22.5 Å². The molecule has 0 unspecified atom stereocenters. The standard InChI is InChI=1S/C17H19N3OS/c1-21-11-5-10-20-13-18-19-17(20)22-12-15-8-4-7-14-6-2-3-9-16(14)15/h2-4,6-9,13H,5,10-12H2,1H3. The summed E-state index contributed by atoms with van der Waals surface area (Å²) in [6.07, 6.45) is 2.76. The zero-order valence-corrected chi connectivity index (χ0v) is 13.4. The molecule has 0 fully saturated rings. The van der Waals surface area contributed by atoms with Gasteiger partial charge in [0.15, 0.2) is 5.16 Å². The fourth-order valence-corrected chi connectivity index (χ4v) is 3.39. The van der Waals surface area contributed by atoms with E-state index in [-0.39, 0.29) is 0 Å². The predicted octanol–water partition coefficient (Wildman–Crippen LogP) is 3.76. The molecule has 1 heterocycles. The summed E-state index contributed by atoms with van der Waals surface area (Å²) >= 11 is 1.73. The fraction of sp³-hybridized carbons (Fsp3) is 0.294. The van der Waals surface area contributed by atoms with Crippen molar-refractivity contribution < 1.29 is 4.74 Å². The second-order valence-electron chi connectivity index (χ2n) is 5.08. The highest BCUT2D eigenvalue weighted by Crippen LogP contribution is 2.26. The highest BCUT2D eigenvalue weighted by Gasteiger charge is 2.07. The molecule has 0 saturated carbocycles. The highest BCUT2D eigenvalue weighted by molar-refractivity contribution is 7.98. The maximum absolute atomic E-state index is 5.10. The van der Waals surface area contributed by atoms with Crippen LogP contribution in [0.5, 0.6) is 0 Å². The number of nitrogens with zero attached hydrogens (tertiary/aromatic N) is 3. The predicted molar refractivity (Wildman–Crippen MR) is 90.0 cm³/mol. The molecule has 2 aromatic carbocycles. The van der Waals surface area contributed by atoms with Crippen LogP contribution in [0, 0.1) is 0 Å². The first-order chi connectivity index (χ1) is 10.9. The number of fused-ring (bicyclic) bond motifs is 1. The molecule has 0 aliphatic carbocycles. The van der Waals surface area contributed by atoms with Crippen LogP contribution in [0.4, 0.5) is 0 Å². The van der Waals surface area contributed by atoms with E-state index in [1.165, 1.54) is 16.3 Å². The molecule has 22 heavy (non-hydrogen) atoms. The minimum Gasteiger partial charge on any atom is -0.385 e. The summed E-state index contributed by atoms with van der Waals surface area (Å²) in [5.74, 6) is 0.893. The van der Waals surface area contributed by atoms with Crippen molar-refractivity contribution in [2.45, 2.75) is 23.9 Å². The zero-order chi connectivity index (χ0) is 15.2. The van der Waals surface area contributed by atoms with Crippen molar-refractivity contribution in [2.24, 2.45) is 0 Å². The molecule has 0 spiro atoms. The molecule has 3 aromatic rings. The molecule has 0 aliphatic rings. The van der Waals surface area contributed by atoms with Gasteiger partial charge in [0.25, 0.3) is 0 Å². The number of aryl methyl sites for hydroxylation is 1. The summed E-state index contributed by atoms with van der Waals surface area (Å²) in [5, 5.41) is 11.8. The van der Waals surface area contributed by atoms with Gasteiger partial charge in [-0.3, -0.25) is 0 Å². The number of hydrogen-bond acceptors (Lipinski definition) is 4. The van der Waals surface area contributed by atoms with E-state index in [0.29, 0.717) is 0 Å². The summed E-state index contributed by atoms with van der Waals surface area (Å²) in [6, 6.07) is 14.9. The van der Waals surface area contributed by atoms with Crippen molar-refractivity contribution in [1.29, 1.82) is 0 Å². The van der Waals surface area contributed by atoms with Crippen molar-refractivity contribution in [3.05, 3.63) is 54.4 Å². The molecule has 0 amide bonds. The molecule has 0 radical (unpaired) electrons. The van der Waals surface area contributed by atoms with Crippen molar-refractivity contribution in [2.75, 3.05) is 13.7 Å². The molecule has 0 aliphatic heterocycles. The summed E-state index contributed by atoms with van der Waals surface area (Å²) in [6.45, 7) is 1.64. The summed E-state index contributed by atoms with van der Waals surface area (Å²) < 4.78 is 7.19. The average molecular weight is 313 g/mol. The zero-order valence-electron chi connectivity index (χ0n) is 12.6. The first kappa shape index (κ1) is 15.1. The van der Waals surface area contributed by atoms with E-state index in [1.54, 1.807) is 25.2 Å². The van der Waals surface area contributed by atoms with Gasteiger partial charge >= 0.3 is 0 Å². The van der Waals surface area contributed by atoms with Crippen LogP contribution >= 0.6 is 11.8 Å². The van der Waals surface area contributed by atoms with Gasteiger partial charge in [-0.1, -0.05) is 54.2 Å². The Morgan fingerprint density at radius 2 is 2.00 bits per heavy atom. The summed E-state index contributed by atoms with van der Waals surface area (Å²) in [5.41, 5.74) is 1.33. The Morgan fingerprint density at radius 1 is 1.14 bits per heavy atom. The third-order valence-electron chi connectivity index (χ3n) is 3.56. The van der Waals surface area contributed by atoms with Gasteiger partial charge in [0.2, 0.25) is 0 Å². The molecular formula is C17H19N3OS. The van der Waals surface area contributed by atoms with Crippen LogP contribution in [0.1, 0.15) is 12.0 Å². The molecule has 0 saturated heterocycles. The van der Waals surface area contributed by atoms with Crippen LogP contribution in [-0.4, -0.2) is 28.5 Å². The number of methoxy groups -OCH3 is 1. The SMILES string of the molecule is COCCCn1cnnc1SCc1cccc2ccccc12. The Kier molecular flexibility index (Phi) is 5.08. The van der Waals surface area contributed by atoms with Gasteiger partial charge in [0.05, 0.1) is 0 Å². The number of rotatable bonds is 7. The Bertz CT molecular complexity index is 736. The third kappa shape index (κ3) is 3.48. The maximum atomic E-state index is 5.10. The Balaban J connectivity index is 1.71. The Labute approximate surface area is 134 Å². The van der Waals surface area contributed by atoms with Crippen molar-refractivity contribution in [1.82, 2.24) is 14.8 Å². The average Bonchev–Trinajstić information content (AvgIpc) is 3.00. The van der Waals surface area contributed by atoms with E-state index >= 15 is 0 Å². The van der Waals surface area contributed by atoms with Gasteiger partial charge in [-0.15, -0.1) is 10.2 Å². The number of benzene rings is 2. The minimum absolute atomic E-state index is 0.756. The van der Waals surface area contributed by atoms with Crippen LogP contribution < -0.4 is 0 Å². The molecular weight excluding hydrogens is 294 g/mol. The topological polar surface area (TPSA) is 39.9 Å². The number of ether oxygens (including phenoxy) is 1. The van der Waals surface area contributed by atoms with Crippen LogP contribution in [-0.2, 0) is 17.0 Å². The molecule has 0 bridgehead atoms. The first-order valence-corrected chi connectivity index (χ1v) is 8.33. The second-order valence-corrected chi connectivity index (χ2v) is 6.02. The lowest BCUT2D eigenvalue weighted by molar-refractivity contribution is 0.189. The molecule has 1 aromatic heterocycles. The lowest BCUT2D eigenvalue weighted by atomic mass is 10.1. The third-order valence-corrected chi connectivity index (χ3v) is 4.59. The summed E-state index contributed by atoms with van der Waals surface area (Å²) in [7, 11) is 1.72. The number of thioether (sulfide) groups is 1. The number of aromatic nitrogens is 3. The summed E-state index contributed by atoms with van der Waals surface area (Å²) in [4.78, 5) is 0. The number of hydrogen-bond donors (Lipinski definition) is 0. The Morgan fingerprint density at radius 3 is 2.91 bits per heavy atom. The van der Waals surface area contributed by atoms with Crippen molar-refractivity contribution in [3.8, 4) is 0 Å². The maximum Gasteiger partial charge on any atom is 0.191 e. The molecule has 114 valence electrons. The van der Waals surface area contributed by atoms with Crippen LogP contribution in [0.2, 0.25) is 0 Å². The lowest BCUT2D eigenvalue weighted by Gasteiger charge is -2.08. The van der Waals surface area contributed by atoms with Gasteiger partial charge in [0.1, 0.15) is 6.33 Å². The molecule has 3 rings (SSSR count). The van der Waals surface area contributed by atoms with Gasteiger partial charge in [0, 0.05) is 26.0 Å². The second kappa shape index (κ2) is 7.42. The Hall–Kier alpha value is -1.85. The van der Waals surface area contributed by atoms with E-state index in [4.69, 9.17) is 4.74 Å². The largest absolute Gasteiger partial charge is 0.385 e. The van der Waals surface area contributed by atoms with Gasteiger partial charge in [-0.05, 0) is 22.8 Å². The van der Waals surface area contributed by atoms with E-state index in [2.05, 4.69) is 57.2 Å². The van der Waals surface area contributed by atoms with Gasteiger partial charge in [-0.2, -0.15) is 0 Å². The molecule has 0 N–H and O–H groups in total. The molecule has 5 heteroatoms. The minimum atomic E-state index is 0.756. The van der Waals surface area contributed by atoms with E-state index in [0.717, 1.165) is 30.5 Å². The fourth-order valence-electron chi connectivity index (χ4n) is 2.45. The smallest absolute Gasteiger partial charge is 0.191 e. The molecule has 4 nitrogen and oxygen atoms in total. The normalized spacial score (nSPS) is 11.1. The van der Waals surface area contributed by atoms with E-state index < -0.39 is 0 Å². The van der Waals surface area contributed by atoms with E-state index in [9.17, 15) is 0 Å². The monoisotopic (exact) mass is 313 g/mol.